The lowest BCUT2D eigenvalue weighted by Crippen LogP contribution is -2.52. The van der Waals surface area contributed by atoms with Crippen molar-refractivity contribution in [2.75, 3.05) is 62.3 Å². The van der Waals surface area contributed by atoms with E-state index in [0.717, 1.165) is 41.7 Å². The van der Waals surface area contributed by atoms with Crippen LogP contribution in [0.25, 0.3) is 0 Å². The Kier molecular flexibility index (Phi) is 9.82. The monoisotopic (exact) mass is 684 g/mol. The third-order valence-corrected chi connectivity index (χ3v) is 10.5. The van der Waals surface area contributed by atoms with Crippen molar-refractivity contribution in [3.05, 3.63) is 107 Å². The summed E-state index contributed by atoms with van der Waals surface area (Å²) in [6, 6.07) is 23.4. The summed E-state index contributed by atoms with van der Waals surface area (Å²) in [7, 11) is -2.40. The van der Waals surface area contributed by atoms with Crippen molar-refractivity contribution >= 4 is 27.3 Å². The SMILES string of the molecule is CCOc1ncccc1C1(NCc2ccc(N3CCN(C)CC3)cc2)C(=O)N(S(=O)(=O)c2ccc(OCCF)cc2)c2ccc(C#N)cc21. The molecule has 0 spiro atoms. The van der Waals surface area contributed by atoms with E-state index in [1.807, 2.05) is 24.3 Å². The van der Waals surface area contributed by atoms with Crippen LogP contribution in [-0.2, 0) is 26.9 Å². The van der Waals surface area contributed by atoms with Gasteiger partial charge in [0.2, 0.25) is 5.88 Å². The number of benzene rings is 3. The molecule has 1 saturated heterocycles. The topological polar surface area (TPSA) is 128 Å². The van der Waals surface area contributed by atoms with Crippen LogP contribution < -0.4 is 24.0 Å². The minimum absolute atomic E-state index is 0.0889. The number of hydrogen-bond acceptors (Lipinski definition) is 10. The van der Waals surface area contributed by atoms with Crippen LogP contribution in [0, 0.1) is 11.3 Å². The largest absolute Gasteiger partial charge is 0.491 e. The van der Waals surface area contributed by atoms with Crippen molar-refractivity contribution < 1.29 is 27.1 Å². The third-order valence-electron chi connectivity index (χ3n) is 8.78. The smallest absolute Gasteiger partial charge is 0.270 e. The van der Waals surface area contributed by atoms with Gasteiger partial charge in [0.05, 0.1) is 28.8 Å². The van der Waals surface area contributed by atoms with Crippen molar-refractivity contribution in [2.45, 2.75) is 23.9 Å². The fraction of sp³-hybridized carbons (Fsp3) is 0.306. The molecule has 254 valence electrons. The third kappa shape index (κ3) is 6.42. The Morgan fingerprint density at radius 1 is 0.980 bits per heavy atom. The van der Waals surface area contributed by atoms with E-state index in [1.165, 1.54) is 48.7 Å². The fourth-order valence-corrected chi connectivity index (χ4v) is 7.71. The highest BCUT2D eigenvalue weighted by atomic mass is 32.2. The quantitative estimate of drug-likeness (QED) is 0.232. The van der Waals surface area contributed by atoms with Crippen LogP contribution in [0.15, 0.2) is 90.0 Å². The van der Waals surface area contributed by atoms with Crippen molar-refractivity contribution in [2.24, 2.45) is 0 Å². The second-order valence-electron chi connectivity index (χ2n) is 11.8. The van der Waals surface area contributed by atoms with Crippen molar-refractivity contribution in [1.29, 1.82) is 5.26 Å². The number of amides is 1. The molecule has 6 rings (SSSR count). The van der Waals surface area contributed by atoms with Crippen molar-refractivity contribution in [3.8, 4) is 17.7 Å². The normalized spacial score (nSPS) is 17.9. The molecule has 3 heterocycles. The Morgan fingerprint density at radius 3 is 2.39 bits per heavy atom. The van der Waals surface area contributed by atoms with Gasteiger partial charge < -0.3 is 19.3 Å². The zero-order valence-electron chi connectivity index (χ0n) is 27.3. The number of aromatic nitrogens is 1. The Bertz CT molecular complexity index is 1960. The van der Waals surface area contributed by atoms with Gasteiger partial charge in [-0.25, -0.2) is 22.1 Å². The van der Waals surface area contributed by atoms with Gasteiger partial charge >= 0.3 is 0 Å². The maximum absolute atomic E-state index is 15.0. The molecule has 11 nitrogen and oxygen atoms in total. The number of nitriles is 1. The van der Waals surface area contributed by atoms with E-state index in [-0.39, 0.29) is 53.1 Å². The molecular weight excluding hydrogens is 647 g/mol. The number of nitrogens with zero attached hydrogens (tertiary/aromatic N) is 5. The van der Waals surface area contributed by atoms with E-state index in [9.17, 15) is 18.1 Å². The lowest BCUT2D eigenvalue weighted by atomic mass is 9.83. The first-order chi connectivity index (χ1) is 23.7. The van der Waals surface area contributed by atoms with Crippen LogP contribution >= 0.6 is 0 Å². The first kappa shape index (κ1) is 33.9. The number of sulfonamides is 1. The highest BCUT2D eigenvalue weighted by Gasteiger charge is 2.57. The summed E-state index contributed by atoms with van der Waals surface area (Å²) in [5, 5.41) is 13.3. The highest BCUT2D eigenvalue weighted by molar-refractivity contribution is 7.93. The summed E-state index contributed by atoms with van der Waals surface area (Å²) < 4.78 is 53.3. The molecule has 1 aromatic heterocycles. The molecule has 0 aliphatic carbocycles. The number of alkyl halides is 1. The number of carbonyl (C=O) groups excluding carboxylic acids is 1. The molecular formula is C36H37FN6O5S. The molecule has 2 aliphatic heterocycles. The summed E-state index contributed by atoms with van der Waals surface area (Å²) in [5.74, 6) is -0.369. The van der Waals surface area contributed by atoms with Crippen LogP contribution in [-0.4, -0.2) is 77.3 Å². The molecule has 0 saturated carbocycles. The second kappa shape index (κ2) is 14.2. The van der Waals surface area contributed by atoms with Gasteiger partial charge in [-0.2, -0.15) is 5.26 Å². The van der Waals surface area contributed by atoms with Gasteiger partial charge in [-0.1, -0.05) is 12.1 Å². The van der Waals surface area contributed by atoms with Gasteiger partial charge in [0.25, 0.3) is 15.9 Å². The summed E-state index contributed by atoms with van der Waals surface area (Å²) >= 11 is 0. The number of halogens is 1. The number of piperazine rings is 1. The molecule has 3 aromatic carbocycles. The minimum Gasteiger partial charge on any atom is -0.491 e. The Balaban J connectivity index is 1.44. The van der Waals surface area contributed by atoms with Crippen molar-refractivity contribution in [3.63, 3.8) is 0 Å². The number of nitrogens with one attached hydrogen (secondary N) is 1. The molecule has 1 amide bonds. The minimum atomic E-state index is -4.51. The van der Waals surface area contributed by atoms with Gasteiger partial charge in [0.1, 0.15) is 19.0 Å². The number of rotatable bonds is 12. The summed E-state index contributed by atoms with van der Waals surface area (Å²) in [6.07, 6.45) is 1.53. The van der Waals surface area contributed by atoms with E-state index in [4.69, 9.17) is 9.47 Å². The number of hydrogen-bond donors (Lipinski definition) is 1. The Hall–Kier alpha value is -5.03. The molecule has 0 bridgehead atoms. The summed E-state index contributed by atoms with van der Waals surface area (Å²) in [6.45, 7) is 5.11. The van der Waals surface area contributed by atoms with Gasteiger partial charge in [0.15, 0.2) is 5.54 Å². The molecule has 1 N–H and O–H groups in total. The number of ether oxygens (including phenoxy) is 2. The van der Waals surface area contributed by atoms with Crippen LogP contribution in [0.1, 0.15) is 29.2 Å². The molecule has 49 heavy (non-hydrogen) atoms. The van der Waals surface area contributed by atoms with Gasteiger partial charge in [0, 0.05) is 55.7 Å². The Labute approximate surface area is 285 Å². The number of carbonyl (C=O) groups is 1. The number of anilines is 2. The molecule has 13 heteroatoms. The van der Waals surface area contributed by atoms with E-state index in [1.54, 1.807) is 19.1 Å². The first-order valence-corrected chi connectivity index (χ1v) is 17.5. The van der Waals surface area contributed by atoms with E-state index < -0.39 is 28.1 Å². The molecule has 0 radical (unpaired) electrons. The molecule has 1 fully saturated rings. The second-order valence-corrected chi connectivity index (χ2v) is 13.6. The predicted octanol–water partition coefficient (Wildman–Crippen LogP) is 4.22. The van der Waals surface area contributed by atoms with Gasteiger partial charge in [-0.3, -0.25) is 10.1 Å². The average Bonchev–Trinajstić information content (AvgIpc) is 3.38. The number of pyridine rings is 1. The lowest BCUT2D eigenvalue weighted by molar-refractivity contribution is -0.121. The highest BCUT2D eigenvalue weighted by Crippen LogP contribution is 2.49. The number of fused-ring (bicyclic) bond motifs is 1. The van der Waals surface area contributed by atoms with Gasteiger partial charge in [-0.15, -0.1) is 0 Å². The fourth-order valence-electron chi connectivity index (χ4n) is 6.25. The van der Waals surface area contributed by atoms with Crippen molar-refractivity contribution in [1.82, 2.24) is 15.2 Å². The Morgan fingerprint density at radius 2 is 1.71 bits per heavy atom. The first-order valence-electron chi connectivity index (χ1n) is 16.0. The zero-order chi connectivity index (χ0) is 34.6. The average molecular weight is 685 g/mol. The van der Waals surface area contributed by atoms with E-state index in [2.05, 4.69) is 33.2 Å². The maximum atomic E-state index is 15.0. The van der Waals surface area contributed by atoms with Gasteiger partial charge in [-0.05, 0) is 86.3 Å². The van der Waals surface area contributed by atoms with Crippen LogP contribution in [0.5, 0.6) is 11.6 Å². The molecule has 1 atom stereocenters. The standard InChI is InChI=1S/C36H37FN6O5S/c1-3-47-34-31(5-4-17-39-34)36(40-25-26-6-9-28(10-7-26)42-20-18-41(2)19-21-42)32-23-27(24-38)8-15-33(32)43(35(36)44)49(45,46)30-13-11-29(12-14-30)48-22-16-37/h4-15,17,23,40H,3,16,18-22,25H2,1-2H3. The van der Waals surface area contributed by atoms with Crippen LogP contribution in [0.3, 0.4) is 0 Å². The zero-order valence-corrected chi connectivity index (χ0v) is 28.1. The maximum Gasteiger partial charge on any atom is 0.270 e. The molecule has 1 unspecified atom stereocenters. The lowest BCUT2D eigenvalue weighted by Gasteiger charge is -2.34. The van der Waals surface area contributed by atoms with Crippen LogP contribution in [0.4, 0.5) is 15.8 Å². The summed E-state index contributed by atoms with van der Waals surface area (Å²) in [4.78, 5) is 23.9. The summed E-state index contributed by atoms with van der Waals surface area (Å²) in [5.41, 5.74) is 1.04. The van der Waals surface area contributed by atoms with E-state index >= 15 is 4.79 Å². The molecule has 4 aromatic rings. The van der Waals surface area contributed by atoms with E-state index in [0.29, 0.717) is 5.56 Å². The number of likely N-dealkylation sites (N-methyl/N-ethyl adjacent to an activating group) is 1. The predicted molar refractivity (Wildman–Crippen MR) is 183 cm³/mol. The molecule has 2 aliphatic rings. The van der Waals surface area contributed by atoms with Crippen LogP contribution in [0.2, 0.25) is 0 Å².